The summed E-state index contributed by atoms with van der Waals surface area (Å²) in [6.07, 6.45) is 0.365. The van der Waals surface area contributed by atoms with Crippen LogP contribution in [0.3, 0.4) is 0 Å². The van der Waals surface area contributed by atoms with Gasteiger partial charge in [-0.25, -0.2) is 0 Å². The Labute approximate surface area is 131 Å². The summed E-state index contributed by atoms with van der Waals surface area (Å²) < 4.78 is 11.0. The smallest absolute Gasteiger partial charge is 0.310 e. The van der Waals surface area contributed by atoms with Gasteiger partial charge in [-0.2, -0.15) is 0 Å². The van der Waals surface area contributed by atoms with Crippen LogP contribution in [0.4, 0.5) is 0 Å². The summed E-state index contributed by atoms with van der Waals surface area (Å²) in [7, 11) is 0. The van der Waals surface area contributed by atoms with Crippen LogP contribution < -0.4 is 9.47 Å². The molecule has 0 saturated carbocycles. The zero-order chi connectivity index (χ0) is 16.0. The van der Waals surface area contributed by atoms with Gasteiger partial charge in [0, 0.05) is 11.8 Å². The third kappa shape index (κ3) is 4.35. The number of esters is 1. The van der Waals surface area contributed by atoms with Gasteiger partial charge in [0.2, 0.25) is 0 Å². The highest BCUT2D eigenvalue weighted by Crippen LogP contribution is 2.25. The molecule has 0 aliphatic heterocycles. The Balaban J connectivity index is 1.95. The summed E-state index contributed by atoms with van der Waals surface area (Å²) >= 11 is 0. The molecule has 0 aliphatic carbocycles. The van der Waals surface area contributed by atoms with E-state index >= 15 is 0 Å². The molecule has 116 valence electrons. The molecule has 0 N–H and O–H groups in total. The van der Waals surface area contributed by atoms with Gasteiger partial charge >= 0.3 is 5.97 Å². The Morgan fingerprint density at radius 1 is 0.955 bits per heavy atom. The first kappa shape index (κ1) is 16.1. The monoisotopic (exact) mass is 298 g/mol. The molecule has 2 aromatic rings. The molecular formula is C19H22O3. The maximum Gasteiger partial charge on any atom is 0.310 e. The van der Waals surface area contributed by atoms with Gasteiger partial charge in [0.1, 0.15) is 11.5 Å². The van der Waals surface area contributed by atoms with Gasteiger partial charge in [0.15, 0.2) is 0 Å². The Kier molecular flexibility index (Phi) is 5.21. The van der Waals surface area contributed by atoms with Crippen LogP contribution in [0.2, 0.25) is 0 Å². The lowest BCUT2D eigenvalue weighted by atomic mass is 9.86. The number of ether oxygens (including phenoxy) is 2. The lowest BCUT2D eigenvalue weighted by Crippen LogP contribution is -2.26. The second kappa shape index (κ2) is 7.12. The Morgan fingerprint density at radius 2 is 1.55 bits per heavy atom. The van der Waals surface area contributed by atoms with Gasteiger partial charge < -0.3 is 9.47 Å². The number of hydrogen-bond donors (Lipinski definition) is 0. The minimum atomic E-state index is -0.237. The van der Waals surface area contributed by atoms with E-state index in [-0.39, 0.29) is 11.4 Å². The summed E-state index contributed by atoms with van der Waals surface area (Å²) in [6.45, 7) is 6.65. The number of carbonyl (C=O) groups excluding carboxylic acids is 1. The van der Waals surface area contributed by atoms with E-state index in [9.17, 15) is 4.79 Å². The van der Waals surface area contributed by atoms with Gasteiger partial charge in [-0.1, -0.05) is 51.1 Å². The minimum Gasteiger partial charge on any atom is -0.493 e. The molecule has 2 aromatic carbocycles. The van der Waals surface area contributed by atoms with E-state index in [0.717, 1.165) is 5.75 Å². The van der Waals surface area contributed by atoms with Crippen LogP contribution >= 0.6 is 0 Å². The highest BCUT2D eigenvalue weighted by molar-refractivity contribution is 5.71. The quantitative estimate of drug-likeness (QED) is 0.587. The Bertz CT molecular complexity index is 600. The SMILES string of the molecule is CCC(=O)Oc1ccc(OCC(C)(C)c2ccccc2)cc1. The molecule has 0 aliphatic rings. The maximum absolute atomic E-state index is 11.2. The molecule has 0 bridgehead atoms. The molecule has 0 aromatic heterocycles. The summed E-state index contributed by atoms with van der Waals surface area (Å²) in [6, 6.07) is 17.4. The van der Waals surface area contributed by atoms with Gasteiger partial charge in [0.05, 0.1) is 6.61 Å². The molecule has 22 heavy (non-hydrogen) atoms. The van der Waals surface area contributed by atoms with Crippen molar-refractivity contribution < 1.29 is 14.3 Å². The van der Waals surface area contributed by atoms with Crippen molar-refractivity contribution in [2.24, 2.45) is 0 Å². The molecule has 0 atom stereocenters. The zero-order valence-electron chi connectivity index (χ0n) is 13.3. The normalized spacial score (nSPS) is 11.0. The van der Waals surface area contributed by atoms with Crippen LogP contribution in [0, 0.1) is 0 Å². The van der Waals surface area contributed by atoms with E-state index in [1.54, 1.807) is 19.1 Å². The van der Waals surface area contributed by atoms with Crippen molar-refractivity contribution in [3.8, 4) is 11.5 Å². The molecule has 0 radical (unpaired) electrons. The Hall–Kier alpha value is -2.29. The summed E-state index contributed by atoms with van der Waals surface area (Å²) in [4.78, 5) is 11.2. The van der Waals surface area contributed by atoms with Crippen LogP contribution in [-0.4, -0.2) is 12.6 Å². The predicted octanol–water partition coefficient (Wildman–Crippen LogP) is 4.36. The van der Waals surface area contributed by atoms with Gasteiger partial charge in [0.25, 0.3) is 0 Å². The molecule has 0 fully saturated rings. The summed E-state index contributed by atoms with van der Waals surface area (Å²) in [5.74, 6) is 1.07. The van der Waals surface area contributed by atoms with Crippen LogP contribution in [-0.2, 0) is 10.2 Å². The van der Waals surface area contributed by atoms with Gasteiger partial charge in [-0.15, -0.1) is 0 Å². The lowest BCUT2D eigenvalue weighted by molar-refractivity contribution is -0.134. The van der Waals surface area contributed by atoms with E-state index in [4.69, 9.17) is 9.47 Å². The van der Waals surface area contributed by atoms with Crippen molar-refractivity contribution in [1.82, 2.24) is 0 Å². The zero-order valence-corrected chi connectivity index (χ0v) is 13.3. The molecule has 0 saturated heterocycles. The van der Waals surface area contributed by atoms with E-state index in [1.165, 1.54) is 5.56 Å². The van der Waals surface area contributed by atoms with E-state index in [2.05, 4.69) is 26.0 Å². The Morgan fingerprint density at radius 3 is 2.14 bits per heavy atom. The molecule has 0 amide bonds. The van der Waals surface area contributed by atoms with Crippen molar-refractivity contribution in [2.45, 2.75) is 32.6 Å². The fraction of sp³-hybridized carbons (Fsp3) is 0.316. The fourth-order valence-electron chi connectivity index (χ4n) is 2.04. The average Bonchev–Trinajstić information content (AvgIpc) is 2.55. The highest BCUT2D eigenvalue weighted by Gasteiger charge is 2.21. The number of hydrogen-bond acceptors (Lipinski definition) is 3. The third-order valence-corrected chi connectivity index (χ3v) is 3.50. The van der Waals surface area contributed by atoms with Crippen LogP contribution in [0.5, 0.6) is 11.5 Å². The van der Waals surface area contributed by atoms with Crippen LogP contribution in [0.1, 0.15) is 32.8 Å². The first-order chi connectivity index (χ1) is 10.5. The number of benzene rings is 2. The van der Waals surface area contributed by atoms with Crippen LogP contribution in [0.15, 0.2) is 54.6 Å². The van der Waals surface area contributed by atoms with Crippen molar-refractivity contribution >= 4 is 5.97 Å². The molecular weight excluding hydrogens is 276 g/mol. The first-order valence-electron chi connectivity index (χ1n) is 7.50. The lowest BCUT2D eigenvalue weighted by Gasteiger charge is -2.25. The van der Waals surface area contributed by atoms with Gasteiger partial charge in [-0.05, 0) is 29.8 Å². The maximum atomic E-state index is 11.2. The standard InChI is InChI=1S/C19H22O3/c1-4-18(20)22-17-12-10-16(11-13-17)21-14-19(2,3)15-8-6-5-7-9-15/h5-13H,4,14H2,1-3H3. The first-order valence-corrected chi connectivity index (χ1v) is 7.50. The molecule has 0 heterocycles. The number of carbonyl (C=O) groups is 1. The third-order valence-electron chi connectivity index (χ3n) is 3.50. The summed E-state index contributed by atoms with van der Waals surface area (Å²) in [5.41, 5.74) is 1.16. The molecule has 0 unspecified atom stereocenters. The van der Waals surface area contributed by atoms with Crippen molar-refractivity contribution in [1.29, 1.82) is 0 Å². The fourth-order valence-corrected chi connectivity index (χ4v) is 2.04. The van der Waals surface area contributed by atoms with E-state index in [0.29, 0.717) is 18.8 Å². The highest BCUT2D eigenvalue weighted by atomic mass is 16.5. The molecule has 2 rings (SSSR count). The van der Waals surface area contributed by atoms with Gasteiger partial charge in [-0.3, -0.25) is 4.79 Å². The molecule has 0 spiro atoms. The van der Waals surface area contributed by atoms with Crippen molar-refractivity contribution in [3.05, 3.63) is 60.2 Å². The van der Waals surface area contributed by atoms with E-state index < -0.39 is 0 Å². The predicted molar refractivity (Wildman–Crippen MR) is 87.3 cm³/mol. The second-order valence-electron chi connectivity index (χ2n) is 5.84. The van der Waals surface area contributed by atoms with Crippen LogP contribution in [0.25, 0.3) is 0 Å². The summed E-state index contributed by atoms with van der Waals surface area (Å²) in [5, 5.41) is 0. The van der Waals surface area contributed by atoms with Crippen molar-refractivity contribution in [3.63, 3.8) is 0 Å². The number of rotatable bonds is 6. The largest absolute Gasteiger partial charge is 0.493 e. The molecule has 3 nitrogen and oxygen atoms in total. The topological polar surface area (TPSA) is 35.5 Å². The van der Waals surface area contributed by atoms with Crippen molar-refractivity contribution in [2.75, 3.05) is 6.61 Å². The average molecular weight is 298 g/mol. The second-order valence-corrected chi connectivity index (χ2v) is 5.84. The minimum absolute atomic E-state index is 0.0748. The molecule has 3 heteroatoms. The van der Waals surface area contributed by atoms with E-state index in [1.807, 2.05) is 30.3 Å².